The molecule has 1 fully saturated rings. The number of nitrogens with two attached hydrogens (primary N) is 1. The van der Waals surface area contributed by atoms with E-state index in [0.29, 0.717) is 28.2 Å². The average molecular weight is 545 g/mol. The number of hydrogen-bond donors (Lipinski definition) is 3. The summed E-state index contributed by atoms with van der Waals surface area (Å²) >= 11 is 6.03. The second kappa shape index (κ2) is 13.5. The second-order valence-electron chi connectivity index (χ2n) is 10.1. The fourth-order valence-electron chi connectivity index (χ4n) is 5.41. The van der Waals surface area contributed by atoms with Crippen molar-refractivity contribution in [2.45, 2.75) is 39.2 Å². The van der Waals surface area contributed by atoms with Crippen molar-refractivity contribution in [2.24, 2.45) is 11.8 Å². The molecule has 0 aliphatic carbocycles. The number of halogens is 1. The van der Waals surface area contributed by atoms with E-state index in [4.69, 9.17) is 17.3 Å². The Labute approximate surface area is 236 Å². The SMILES string of the molecule is CCC(CC)C1CCN(C(C(=O)Nc2ccc(Cl)cc2)c2ccc(C=CC(=O)Nc3ccccc3N)cc2)C1. The number of para-hydroxylation sites is 2. The van der Waals surface area contributed by atoms with Crippen LogP contribution in [0.15, 0.2) is 78.9 Å². The standard InChI is InChI=1S/C32H37ClN4O2/c1-3-23(4-2)25-19-20-37(21-25)31(32(39)35-27-16-14-26(33)15-17-27)24-12-9-22(10-13-24)11-18-30(38)36-29-8-6-5-7-28(29)34/h5-18,23,25,31H,3-4,19-21,34H2,1-2H3,(H,35,39)(H,36,38). The van der Waals surface area contributed by atoms with Crippen molar-refractivity contribution in [3.05, 3.63) is 95.0 Å². The molecule has 3 aromatic carbocycles. The van der Waals surface area contributed by atoms with Crippen LogP contribution in [-0.2, 0) is 9.59 Å². The molecular formula is C32H37ClN4O2. The smallest absolute Gasteiger partial charge is 0.248 e. The molecule has 1 aliphatic heterocycles. The number of nitrogen functional groups attached to an aromatic ring is 1. The van der Waals surface area contributed by atoms with Crippen molar-refractivity contribution in [2.75, 3.05) is 29.5 Å². The monoisotopic (exact) mass is 544 g/mol. The second-order valence-corrected chi connectivity index (χ2v) is 10.5. The molecule has 0 saturated carbocycles. The molecule has 0 bridgehead atoms. The summed E-state index contributed by atoms with van der Waals surface area (Å²) < 4.78 is 0. The summed E-state index contributed by atoms with van der Waals surface area (Å²) in [5.74, 6) is 0.928. The number of rotatable bonds is 10. The summed E-state index contributed by atoms with van der Waals surface area (Å²) in [6, 6.07) is 21.7. The van der Waals surface area contributed by atoms with Crippen LogP contribution in [-0.4, -0.2) is 29.8 Å². The van der Waals surface area contributed by atoms with Gasteiger partial charge in [-0.25, -0.2) is 0 Å². The maximum Gasteiger partial charge on any atom is 0.248 e. The maximum absolute atomic E-state index is 13.6. The molecule has 6 nitrogen and oxygen atoms in total. The normalized spacial score (nSPS) is 16.5. The minimum atomic E-state index is -0.414. The van der Waals surface area contributed by atoms with Crippen LogP contribution >= 0.6 is 11.6 Å². The average Bonchev–Trinajstić information content (AvgIpc) is 3.41. The van der Waals surface area contributed by atoms with Gasteiger partial charge in [0.1, 0.15) is 6.04 Å². The largest absolute Gasteiger partial charge is 0.397 e. The summed E-state index contributed by atoms with van der Waals surface area (Å²) in [7, 11) is 0. The highest BCUT2D eigenvalue weighted by molar-refractivity contribution is 6.30. The third kappa shape index (κ3) is 7.49. The molecule has 4 rings (SSSR count). The molecule has 204 valence electrons. The van der Waals surface area contributed by atoms with Gasteiger partial charge in [0.2, 0.25) is 11.8 Å². The van der Waals surface area contributed by atoms with Crippen LogP contribution in [0.3, 0.4) is 0 Å². The van der Waals surface area contributed by atoms with Crippen molar-refractivity contribution in [3.8, 4) is 0 Å². The summed E-state index contributed by atoms with van der Waals surface area (Å²) in [4.78, 5) is 28.3. The van der Waals surface area contributed by atoms with Gasteiger partial charge in [-0.05, 0) is 78.4 Å². The van der Waals surface area contributed by atoms with Gasteiger partial charge in [-0.3, -0.25) is 14.5 Å². The Kier molecular flexibility index (Phi) is 9.79. The summed E-state index contributed by atoms with van der Waals surface area (Å²) in [6.07, 6.45) is 6.63. The van der Waals surface area contributed by atoms with Crippen LogP contribution in [0.2, 0.25) is 5.02 Å². The topological polar surface area (TPSA) is 87.5 Å². The zero-order chi connectivity index (χ0) is 27.8. The van der Waals surface area contributed by atoms with E-state index in [1.165, 1.54) is 6.08 Å². The number of hydrogen-bond acceptors (Lipinski definition) is 4. The van der Waals surface area contributed by atoms with Gasteiger partial charge in [0.25, 0.3) is 0 Å². The molecule has 0 aromatic heterocycles. The first-order chi connectivity index (χ1) is 18.9. The number of nitrogens with one attached hydrogen (secondary N) is 2. The van der Waals surface area contributed by atoms with Crippen LogP contribution in [0.25, 0.3) is 6.08 Å². The van der Waals surface area contributed by atoms with E-state index in [2.05, 4.69) is 29.4 Å². The third-order valence-corrected chi connectivity index (χ3v) is 7.85. The van der Waals surface area contributed by atoms with Crippen LogP contribution in [0.1, 0.15) is 50.3 Å². The first-order valence-corrected chi connectivity index (χ1v) is 14.0. The van der Waals surface area contributed by atoms with E-state index in [-0.39, 0.29) is 11.8 Å². The molecule has 0 radical (unpaired) electrons. The molecule has 39 heavy (non-hydrogen) atoms. The van der Waals surface area contributed by atoms with Crippen LogP contribution in [0.5, 0.6) is 0 Å². The highest BCUT2D eigenvalue weighted by Crippen LogP contribution is 2.34. The number of carbonyl (C=O) groups is 2. The van der Waals surface area contributed by atoms with Gasteiger partial charge in [-0.2, -0.15) is 0 Å². The van der Waals surface area contributed by atoms with E-state index >= 15 is 0 Å². The molecule has 0 spiro atoms. The quantitative estimate of drug-likeness (QED) is 0.189. The number of carbonyl (C=O) groups excluding carboxylic acids is 2. The van der Waals surface area contributed by atoms with E-state index in [1.807, 2.05) is 48.5 Å². The van der Waals surface area contributed by atoms with Crippen molar-refractivity contribution in [1.82, 2.24) is 4.90 Å². The van der Waals surface area contributed by atoms with Crippen molar-refractivity contribution < 1.29 is 9.59 Å². The number of anilines is 3. The zero-order valence-corrected chi connectivity index (χ0v) is 23.3. The number of nitrogens with zero attached hydrogens (tertiary/aromatic N) is 1. The summed E-state index contributed by atoms with van der Waals surface area (Å²) in [5, 5.41) is 6.50. The van der Waals surface area contributed by atoms with Gasteiger partial charge in [0.15, 0.2) is 0 Å². The molecule has 4 N–H and O–H groups in total. The maximum atomic E-state index is 13.6. The molecule has 3 aromatic rings. The third-order valence-electron chi connectivity index (χ3n) is 7.59. The Morgan fingerprint density at radius 1 is 1.00 bits per heavy atom. The molecule has 2 unspecified atom stereocenters. The Bertz CT molecular complexity index is 1290. The molecule has 2 atom stereocenters. The van der Waals surface area contributed by atoms with E-state index < -0.39 is 6.04 Å². The van der Waals surface area contributed by atoms with Gasteiger partial charge in [-0.15, -0.1) is 0 Å². The predicted molar refractivity (Wildman–Crippen MR) is 162 cm³/mol. The number of benzene rings is 3. The lowest BCUT2D eigenvalue weighted by molar-refractivity contribution is -0.121. The van der Waals surface area contributed by atoms with Gasteiger partial charge >= 0.3 is 0 Å². The summed E-state index contributed by atoms with van der Waals surface area (Å²) in [5.41, 5.74) is 9.51. The fourth-order valence-corrected chi connectivity index (χ4v) is 5.53. The lowest BCUT2D eigenvalue weighted by atomic mass is 9.87. The Hall–Kier alpha value is -3.61. The highest BCUT2D eigenvalue weighted by atomic mass is 35.5. The Balaban J connectivity index is 1.50. The molecule has 1 saturated heterocycles. The first kappa shape index (κ1) is 28.4. The Morgan fingerprint density at radius 3 is 2.36 bits per heavy atom. The number of likely N-dealkylation sites (tertiary alicyclic amines) is 1. The lowest BCUT2D eigenvalue weighted by Gasteiger charge is -2.28. The molecule has 7 heteroatoms. The molecule has 1 heterocycles. The van der Waals surface area contributed by atoms with Gasteiger partial charge < -0.3 is 16.4 Å². The molecular weight excluding hydrogens is 508 g/mol. The predicted octanol–water partition coefficient (Wildman–Crippen LogP) is 7.01. The highest BCUT2D eigenvalue weighted by Gasteiger charge is 2.35. The Morgan fingerprint density at radius 2 is 1.69 bits per heavy atom. The van der Waals surface area contributed by atoms with E-state index in [1.54, 1.807) is 30.3 Å². The number of amides is 2. The van der Waals surface area contributed by atoms with Crippen molar-refractivity contribution in [3.63, 3.8) is 0 Å². The van der Waals surface area contributed by atoms with Crippen LogP contribution in [0.4, 0.5) is 17.1 Å². The fraction of sp³-hybridized carbons (Fsp3) is 0.312. The van der Waals surface area contributed by atoms with Gasteiger partial charge in [0, 0.05) is 23.3 Å². The van der Waals surface area contributed by atoms with Crippen molar-refractivity contribution >= 4 is 46.6 Å². The molecule has 1 aliphatic rings. The van der Waals surface area contributed by atoms with Crippen LogP contribution < -0.4 is 16.4 Å². The zero-order valence-electron chi connectivity index (χ0n) is 22.6. The minimum absolute atomic E-state index is 0.0642. The van der Waals surface area contributed by atoms with Gasteiger partial charge in [-0.1, -0.05) is 74.7 Å². The molecule has 2 amide bonds. The minimum Gasteiger partial charge on any atom is -0.397 e. The van der Waals surface area contributed by atoms with Gasteiger partial charge in [0.05, 0.1) is 11.4 Å². The van der Waals surface area contributed by atoms with E-state index in [0.717, 1.165) is 49.2 Å². The van der Waals surface area contributed by atoms with Crippen LogP contribution in [0, 0.1) is 11.8 Å². The summed E-state index contributed by atoms with van der Waals surface area (Å²) in [6.45, 7) is 6.28. The van der Waals surface area contributed by atoms with Crippen molar-refractivity contribution in [1.29, 1.82) is 0 Å². The van der Waals surface area contributed by atoms with E-state index in [9.17, 15) is 9.59 Å². The lowest BCUT2D eigenvalue weighted by Crippen LogP contribution is -2.36. The first-order valence-electron chi connectivity index (χ1n) is 13.6.